The van der Waals surface area contributed by atoms with E-state index in [1.807, 2.05) is 0 Å². The number of nitrogens with one attached hydrogen (secondary N) is 2. The Bertz CT molecular complexity index is 796. The number of aliphatic hydroxyl groups excluding tert-OH is 4. The maximum atomic E-state index is 12.6. The van der Waals surface area contributed by atoms with Gasteiger partial charge in [-0.25, -0.2) is 0 Å². The zero-order valence-electron chi connectivity index (χ0n) is 22.9. The summed E-state index contributed by atoms with van der Waals surface area (Å²) < 4.78 is 23.0. The number of nitrogens with two attached hydrogens (primary N) is 1. The number of rotatable bonds is 13. The van der Waals surface area contributed by atoms with Gasteiger partial charge in [-0.3, -0.25) is 4.79 Å². The summed E-state index contributed by atoms with van der Waals surface area (Å²) in [6.07, 6.45) is -8.95. The van der Waals surface area contributed by atoms with Gasteiger partial charge in [0.1, 0.15) is 24.4 Å². The molecule has 39 heavy (non-hydrogen) atoms. The number of nitrogens with zero attached hydrogens (tertiary/aromatic N) is 3. The summed E-state index contributed by atoms with van der Waals surface area (Å²) in [5, 5.41) is 73.3. The fraction of sp³-hybridized carbons (Fsp3) is 0.955. The van der Waals surface area contributed by atoms with E-state index in [0.29, 0.717) is 6.54 Å². The number of carbonyl (C=O) groups excluding carboxylic acids is 1. The molecular formula is C22H44N6O11. The third-order valence-electron chi connectivity index (χ3n) is 6.88. The van der Waals surface area contributed by atoms with Gasteiger partial charge in [0.2, 0.25) is 11.2 Å². The van der Waals surface area contributed by atoms with Gasteiger partial charge in [-0.05, 0) is 13.8 Å². The third-order valence-corrected chi connectivity index (χ3v) is 6.88. The van der Waals surface area contributed by atoms with Crippen LogP contribution in [-0.4, -0.2) is 142 Å². The Morgan fingerprint density at radius 3 is 2.31 bits per heavy atom. The van der Waals surface area contributed by atoms with Crippen LogP contribution in [0.1, 0.15) is 27.7 Å². The molecule has 0 radical (unpaired) electrons. The highest BCUT2D eigenvalue weighted by atomic mass is 16.7. The SMILES string of the molecule is CO[C@@H]1OC(CO)[C@@H](O[C@@H]2OC(CO)[C@@H](C)[C@H](O)C2NC(C)=O)[C@H](O)C1N(CC(C)NCC(C)N)/[N+]([O-])=N/O. The van der Waals surface area contributed by atoms with Crippen LogP contribution in [0.15, 0.2) is 5.28 Å². The van der Waals surface area contributed by atoms with E-state index in [1.165, 1.54) is 14.0 Å². The topological polar surface area (TPSA) is 247 Å². The molecule has 1 amide bonds. The summed E-state index contributed by atoms with van der Waals surface area (Å²) in [4.78, 5) is 11.7. The normalized spacial score (nSPS) is 37.2. The monoisotopic (exact) mass is 568 g/mol. The Morgan fingerprint density at radius 1 is 1.18 bits per heavy atom. The van der Waals surface area contributed by atoms with Gasteiger partial charge in [0.25, 0.3) is 0 Å². The first-order valence-electron chi connectivity index (χ1n) is 12.8. The van der Waals surface area contributed by atoms with Crippen LogP contribution in [0.2, 0.25) is 0 Å². The largest absolute Gasteiger partial charge is 0.569 e. The molecule has 0 aromatic heterocycles. The van der Waals surface area contributed by atoms with Gasteiger partial charge in [0, 0.05) is 38.6 Å². The molecule has 17 heteroatoms. The van der Waals surface area contributed by atoms with Crippen LogP contribution in [0, 0.1) is 11.1 Å². The van der Waals surface area contributed by atoms with E-state index in [-0.39, 0.29) is 23.6 Å². The molecule has 0 aromatic carbocycles. The Morgan fingerprint density at radius 2 is 1.79 bits per heavy atom. The fourth-order valence-corrected chi connectivity index (χ4v) is 4.78. The Hall–Kier alpha value is -1.93. The van der Waals surface area contributed by atoms with Gasteiger partial charge in [0.05, 0.1) is 36.9 Å². The molecule has 9 N–H and O–H groups in total. The van der Waals surface area contributed by atoms with Crippen molar-refractivity contribution in [1.29, 1.82) is 0 Å². The van der Waals surface area contributed by atoms with Crippen molar-refractivity contribution in [2.75, 3.05) is 33.4 Å². The maximum Gasteiger partial charge on any atom is 0.230 e. The molecule has 0 spiro atoms. The van der Waals surface area contributed by atoms with Crippen LogP contribution >= 0.6 is 0 Å². The van der Waals surface area contributed by atoms with Crippen LogP contribution in [0.5, 0.6) is 0 Å². The molecule has 0 aromatic rings. The number of carbonyl (C=O) groups is 1. The van der Waals surface area contributed by atoms with Gasteiger partial charge in [-0.15, -0.1) is 5.01 Å². The van der Waals surface area contributed by atoms with Crippen LogP contribution in [0.3, 0.4) is 0 Å². The first-order chi connectivity index (χ1) is 18.4. The van der Waals surface area contributed by atoms with Gasteiger partial charge < -0.3 is 66.2 Å². The lowest BCUT2D eigenvalue weighted by molar-refractivity contribution is -0.724. The van der Waals surface area contributed by atoms with Crippen LogP contribution in [0.4, 0.5) is 0 Å². The number of hydrogen-bond acceptors (Lipinski definition) is 13. The number of amides is 1. The summed E-state index contributed by atoms with van der Waals surface area (Å²) in [5.41, 5.74) is 5.78. The second-order valence-corrected chi connectivity index (χ2v) is 10.1. The zero-order valence-corrected chi connectivity index (χ0v) is 22.9. The summed E-state index contributed by atoms with van der Waals surface area (Å²) in [7, 11) is 1.27. The highest BCUT2D eigenvalue weighted by molar-refractivity contribution is 5.73. The first kappa shape index (κ1) is 33.3. The fourth-order valence-electron chi connectivity index (χ4n) is 4.78. The van der Waals surface area contributed by atoms with Gasteiger partial charge in [0.15, 0.2) is 18.6 Å². The Balaban J connectivity index is 2.40. The summed E-state index contributed by atoms with van der Waals surface area (Å²) in [5.74, 6) is -1.08. The average molecular weight is 569 g/mol. The molecule has 2 saturated heterocycles. The summed E-state index contributed by atoms with van der Waals surface area (Å²) >= 11 is 0. The molecule has 2 aliphatic heterocycles. The van der Waals surface area contributed by atoms with Crippen LogP contribution < -0.4 is 16.4 Å². The van der Waals surface area contributed by atoms with Gasteiger partial charge in [-0.1, -0.05) is 6.92 Å². The molecule has 0 bridgehead atoms. The molecule has 0 saturated carbocycles. The number of methoxy groups -OCH3 is 1. The van der Waals surface area contributed by atoms with E-state index < -0.39 is 80.2 Å². The maximum absolute atomic E-state index is 12.6. The molecule has 17 nitrogen and oxygen atoms in total. The zero-order chi connectivity index (χ0) is 29.4. The van der Waals surface area contributed by atoms with Gasteiger partial charge in [-0.2, -0.15) is 0 Å². The molecule has 228 valence electrons. The molecule has 6 unspecified atom stereocenters. The second kappa shape index (κ2) is 15.2. The van der Waals surface area contributed by atoms with Crippen molar-refractivity contribution < 1.29 is 54.3 Å². The molecule has 2 aliphatic rings. The highest BCUT2D eigenvalue weighted by Gasteiger charge is 2.54. The Kier molecular flexibility index (Phi) is 12.9. The van der Waals surface area contributed by atoms with Crippen molar-refractivity contribution in [3.8, 4) is 0 Å². The van der Waals surface area contributed by atoms with Crippen LogP contribution in [0.25, 0.3) is 0 Å². The molecule has 2 rings (SSSR count). The molecule has 2 fully saturated rings. The Labute approximate surface area is 227 Å². The predicted molar refractivity (Wildman–Crippen MR) is 132 cm³/mol. The lowest BCUT2D eigenvalue weighted by Crippen LogP contribution is -2.69. The summed E-state index contributed by atoms with van der Waals surface area (Å²) in [6.45, 7) is 5.61. The van der Waals surface area contributed by atoms with Crippen molar-refractivity contribution in [3.05, 3.63) is 5.21 Å². The molecule has 0 aliphatic carbocycles. The van der Waals surface area contributed by atoms with E-state index in [9.17, 15) is 35.6 Å². The van der Waals surface area contributed by atoms with Crippen LogP contribution in [-0.2, 0) is 23.7 Å². The second-order valence-electron chi connectivity index (χ2n) is 10.1. The minimum atomic E-state index is -1.62. The van der Waals surface area contributed by atoms with E-state index in [2.05, 4.69) is 15.9 Å². The van der Waals surface area contributed by atoms with Crippen molar-refractivity contribution >= 4 is 5.91 Å². The molecule has 2 heterocycles. The van der Waals surface area contributed by atoms with E-state index in [4.69, 9.17) is 24.7 Å². The summed E-state index contributed by atoms with van der Waals surface area (Å²) in [6, 6.07) is -3.00. The predicted octanol–water partition coefficient (Wildman–Crippen LogP) is -3.42. The number of ether oxygens (including phenoxy) is 4. The number of aliphatic hydroxyl groups is 4. The number of hydrogen-bond donors (Lipinski definition) is 8. The first-order valence-corrected chi connectivity index (χ1v) is 12.8. The quantitative estimate of drug-likeness (QED) is 0.0612. The minimum Gasteiger partial charge on any atom is -0.569 e. The van der Waals surface area contributed by atoms with Crippen molar-refractivity contribution in [2.24, 2.45) is 16.9 Å². The highest BCUT2D eigenvalue weighted by Crippen LogP contribution is 2.33. The van der Waals surface area contributed by atoms with E-state index in [0.717, 1.165) is 5.01 Å². The molecule has 12 atom stereocenters. The molecular weight excluding hydrogens is 524 g/mol. The van der Waals surface area contributed by atoms with E-state index in [1.54, 1.807) is 20.8 Å². The standard InChI is InChI=1S/C22H44N6O11/c1-10(23)6-24-11(2)7-27(28(35)26-34)17-19(33)20(15(9-30)38-22(17)36-5)39-21-16(25-13(4)31)18(32)12(3)14(8-29)37-21/h10-12,14-22,24,29-30,32-34H,6-9,23H2,1-5H3,(H,25,31)/b28-26-/t10?,11?,12-,14?,15?,16?,17?,18+,19-,20-,21+,22-/m1/s1. The number of hydrazine groups is 1. The third kappa shape index (κ3) is 8.29. The van der Waals surface area contributed by atoms with Crippen molar-refractivity contribution in [2.45, 2.75) is 95.0 Å². The van der Waals surface area contributed by atoms with E-state index >= 15 is 0 Å². The lowest BCUT2D eigenvalue weighted by Gasteiger charge is -2.49. The van der Waals surface area contributed by atoms with Crippen molar-refractivity contribution in [3.63, 3.8) is 0 Å². The van der Waals surface area contributed by atoms with Crippen molar-refractivity contribution in [1.82, 2.24) is 15.6 Å². The lowest BCUT2D eigenvalue weighted by atomic mass is 9.89. The smallest absolute Gasteiger partial charge is 0.230 e. The average Bonchev–Trinajstić information content (AvgIpc) is 2.90. The minimum absolute atomic E-state index is 0.0982. The van der Waals surface area contributed by atoms with Gasteiger partial charge >= 0.3 is 0 Å².